The number of hydrogen-bond donors (Lipinski definition) is 1. The quantitative estimate of drug-likeness (QED) is 0.870. The summed E-state index contributed by atoms with van der Waals surface area (Å²) in [6.45, 7) is 4.48. The molecule has 148 valence electrons. The number of methoxy groups -OCH3 is 2. The van der Waals surface area contributed by atoms with Gasteiger partial charge < -0.3 is 19.3 Å². The number of phenolic OH excluding ortho intramolecular Hbond substituents is 1. The number of rotatable bonds is 4. The van der Waals surface area contributed by atoms with Gasteiger partial charge in [-0.2, -0.15) is 0 Å². The molecule has 2 aromatic carbocycles. The summed E-state index contributed by atoms with van der Waals surface area (Å²) in [6.07, 6.45) is 0.494. The van der Waals surface area contributed by atoms with Gasteiger partial charge in [0.05, 0.1) is 26.4 Å². The molecule has 0 saturated heterocycles. The van der Waals surface area contributed by atoms with E-state index < -0.39 is 6.04 Å². The highest BCUT2D eigenvalue weighted by atomic mass is 16.5. The van der Waals surface area contributed by atoms with Crippen molar-refractivity contribution in [2.24, 2.45) is 0 Å². The van der Waals surface area contributed by atoms with Crippen LogP contribution < -0.4 is 14.2 Å². The van der Waals surface area contributed by atoms with E-state index in [0.29, 0.717) is 35.8 Å². The van der Waals surface area contributed by atoms with Crippen LogP contribution in [0.3, 0.4) is 0 Å². The summed E-state index contributed by atoms with van der Waals surface area (Å²) in [5.41, 5.74) is 3.74. The van der Waals surface area contributed by atoms with Crippen molar-refractivity contribution < 1.29 is 24.1 Å². The molecule has 1 heterocycles. The molecule has 0 bridgehead atoms. The summed E-state index contributed by atoms with van der Waals surface area (Å²) in [4.78, 5) is 15.4. The summed E-state index contributed by atoms with van der Waals surface area (Å²) >= 11 is 0. The molecule has 1 aliphatic carbocycles. The van der Waals surface area contributed by atoms with Crippen molar-refractivity contribution in [2.45, 2.75) is 32.4 Å². The molecule has 0 radical (unpaired) electrons. The average Bonchev–Trinajstić information content (AvgIpc) is 2.68. The predicted octanol–water partition coefficient (Wildman–Crippen LogP) is 3.59. The van der Waals surface area contributed by atoms with Crippen molar-refractivity contribution in [3.05, 3.63) is 34.9 Å². The van der Waals surface area contributed by atoms with Crippen molar-refractivity contribution in [2.75, 3.05) is 27.8 Å². The van der Waals surface area contributed by atoms with E-state index in [1.807, 2.05) is 31.9 Å². The van der Waals surface area contributed by atoms with Gasteiger partial charge >= 0.3 is 0 Å². The van der Waals surface area contributed by atoms with Gasteiger partial charge in [0, 0.05) is 28.8 Å². The van der Waals surface area contributed by atoms with Gasteiger partial charge in [-0.1, -0.05) is 0 Å². The van der Waals surface area contributed by atoms with Crippen LogP contribution in [0.25, 0.3) is 11.1 Å². The van der Waals surface area contributed by atoms with Crippen LogP contribution in [0.1, 0.15) is 41.4 Å². The standard InChI is InChI=1S/C22H25NO5/c1-11(2)28-22-20(25)14-8-9-23(3)18-16(14)17(21(22)27-5)15-10-12(26-4)6-7-13(15)19(18)24/h6-7,10-11,18,25H,8-9H2,1-5H3. The maximum Gasteiger partial charge on any atom is 0.204 e. The van der Waals surface area contributed by atoms with Crippen molar-refractivity contribution in [1.29, 1.82) is 0 Å². The maximum absolute atomic E-state index is 13.3. The Morgan fingerprint density at radius 3 is 2.54 bits per heavy atom. The summed E-state index contributed by atoms with van der Waals surface area (Å²) in [6, 6.07) is 5.00. The van der Waals surface area contributed by atoms with Crippen LogP contribution in [0.15, 0.2) is 18.2 Å². The van der Waals surface area contributed by atoms with Crippen LogP contribution in [-0.4, -0.2) is 49.7 Å². The number of hydrogen-bond acceptors (Lipinski definition) is 6. The molecule has 0 fully saturated rings. The summed E-state index contributed by atoms with van der Waals surface area (Å²) < 4.78 is 17.1. The van der Waals surface area contributed by atoms with Crippen LogP contribution in [0.2, 0.25) is 0 Å². The normalized spacial score (nSPS) is 17.9. The fraction of sp³-hybridized carbons (Fsp3) is 0.409. The van der Waals surface area contributed by atoms with Crippen LogP contribution in [-0.2, 0) is 6.42 Å². The largest absolute Gasteiger partial charge is 0.504 e. The molecule has 28 heavy (non-hydrogen) atoms. The van der Waals surface area contributed by atoms with Crippen LogP contribution in [0.4, 0.5) is 0 Å². The zero-order chi connectivity index (χ0) is 20.2. The lowest BCUT2D eigenvalue weighted by Gasteiger charge is -2.40. The lowest BCUT2D eigenvalue weighted by molar-refractivity contribution is 0.0833. The maximum atomic E-state index is 13.3. The molecule has 6 nitrogen and oxygen atoms in total. The predicted molar refractivity (Wildman–Crippen MR) is 106 cm³/mol. The highest BCUT2D eigenvalue weighted by molar-refractivity contribution is 6.12. The second kappa shape index (κ2) is 6.71. The molecule has 0 amide bonds. The molecule has 0 aromatic heterocycles. The highest BCUT2D eigenvalue weighted by Crippen LogP contribution is 2.56. The number of nitrogens with zero attached hydrogens (tertiary/aromatic N) is 1. The Balaban J connectivity index is 2.13. The number of phenols is 1. The Bertz CT molecular complexity index is 966. The van der Waals surface area contributed by atoms with Gasteiger partial charge in [-0.05, 0) is 51.1 Å². The summed E-state index contributed by atoms with van der Waals surface area (Å²) in [5, 5.41) is 11.0. The fourth-order valence-electron chi connectivity index (χ4n) is 4.31. The van der Waals surface area contributed by atoms with Crippen LogP contribution in [0.5, 0.6) is 23.0 Å². The topological polar surface area (TPSA) is 68.2 Å². The fourth-order valence-corrected chi connectivity index (χ4v) is 4.31. The first kappa shape index (κ1) is 18.6. The first-order chi connectivity index (χ1) is 13.4. The number of carbonyl (C=O) groups is 1. The van der Waals surface area contributed by atoms with Gasteiger partial charge in [0.1, 0.15) is 5.75 Å². The summed E-state index contributed by atoms with van der Waals surface area (Å²) in [7, 11) is 5.09. The zero-order valence-electron chi connectivity index (χ0n) is 16.8. The van der Waals surface area contributed by atoms with Crippen molar-refractivity contribution in [3.8, 4) is 34.1 Å². The first-order valence-electron chi connectivity index (χ1n) is 9.44. The van der Waals surface area contributed by atoms with E-state index in [0.717, 1.165) is 22.3 Å². The number of carbonyl (C=O) groups excluding carboxylic acids is 1. The summed E-state index contributed by atoms with van der Waals surface area (Å²) in [5.74, 6) is 1.53. The monoisotopic (exact) mass is 383 g/mol. The van der Waals surface area contributed by atoms with Crippen molar-refractivity contribution in [1.82, 2.24) is 4.90 Å². The Morgan fingerprint density at radius 2 is 1.89 bits per heavy atom. The molecule has 1 unspecified atom stereocenters. The third-order valence-electron chi connectivity index (χ3n) is 5.52. The smallest absolute Gasteiger partial charge is 0.204 e. The highest BCUT2D eigenvalue weighted by Gasteiger charge is 2.43. The van der Waals surface area contributed by atoms with E-state index in [1.165, 1.54) is 0 Å². The first-order valence-corrected chi connectivity index (χ1v) is 9.44. The van der Waals surface area contributed by atoms with Gasteiger partial charge in [0.15, 0.2) is 17.3 Å². The number of Topliss-reactive ketones (excluding diaryl/α,β-unsaturated/α-hetero) is 1. The molecule has 6 heteroatoms. The van der Waals surface area contributed by atoms with Gasteiger partial charge in [0.2, 0.25) is 5.75 Å². The minimum absolute atomic E-state index is 0.0209. The lowest BCUT2D eigenvalue weighted by atomic mass is 9.75. The molecule has 4 rings (SSSR count). The van der Waals surface area contributed by atoms with Gasteiger partial charge in [0.25, 0.3) is 0 Å². The minimum Gasteiger partial charge on any atom is -0.504 e. The van der Waals surface area contributed by atoms with E-state index in [-0.39, 0.29) is 17.6 Å². The average molecular weight is 383 g/mol. The molecule has 1 N–H and O–H groups in total. The molecule has 1 atom stereocenters. The molecule has 1 aliphatic heterocycles. The van der Waals surface area contributed by atoms with Gasteiger partial charge in [-0.3, -0.25) is 9.69 Å². The minimum atomic E-state index is -0.451. The van der Waals surface area contributed by atoms with Crippen LogP contribution >= 0.6 is 0 Å². The number of ketones is 1. The molecular weight excluding hydrogens is 358 g/mol. The van der Waals surface area contributed by atoms with Crippen LogP contribution in [0, 0.1) is 0 Å². The third kappa shape index (κ3) is 2.55. The zero-order valence-corrected chi connectivity index (χ0v) is 16.8. The molecule has 0 saturated carbocycles. The van der Waals surface area contributed by atoms with E-state index in [9.17, 15) is 9.90 Å². The number of aromatic hydroxyl groups is 1. The second-order valence-electron chi connectivity index (χ2n) is 7.55. The van der Waals surface area contributed by atoms with Gasteiger partial charge in [-0.25, -0.2) is 0 Å². The van der Waals surface area contributed by atoms with Crippen molar-refractivity contribution >= 4 is 5.78 Å². The van der Waals surface area contributed by atoms with E-state index in [2.05, 4.69) is 0 Å². The van der Waals surface area contributed by atoms with Gasteiger partial charge in [-0.15, -0.1) is 0 Å². The Kier molecular flexibility index (Phi) is 4.46. The van der Waals surface area contributed by atoms with E-state index >= 15 is 0 Å². The Labute approximate surface area is 164 Å². The SMILES string of the molecule is COc1ccc2c(c1)-c1c(OC)c(OC(C)C)c(O)c3c1C(C2=O)N(C)CC3. The van der Waals surface area contributed by atoms with E-state index in [1.54, 1.807) is 26.4 Å². The number of fused-ring (bicyclic) bond motifs is 2. The lowest BCUT2D eigenvalue weighted by Crippen LogP contribution is -2.39. The number of ether oxygens (including phenoxy) is 3. The molecule has 2 aromatic rings. The Hall–Kier alpha value is -2.73. The molecular formula is C22H25NO5. The van der Waals surface area contributed by atoms with E-state index in [4.69, 9.17) is 14.2 Å². The number of likely N-dealkylation sites (N-methyl/N-ethyl adjacent to an activating group) is 1. The van der Waals surface area contributed by atoms with Crippen molar-refractivity contribution in [3.63, 3.8) is 0 Å². The molecule has 2 aliphatic rings. The second-order valence-corrected chi connectivity index (χ2v) is 7.55. The third-order valence-corrected chi connectivity index (χ3v) is 5.52. The number of benzene rings is 2. The Morgan fingerprint density at radius 1 is 1.14 bits per heavy atom. The molecule has 0 spiro atoms.